The van der Waals surface area contributed by atoms with E-state index < -0.39 is 5.60 Å². The maximum atomic E-state index is 11.8. The van der Waals surface area contributed by atoms with Gasteiger partial charge in [0.15, 0.2) is 0 Å². The maximum Gasteiger partial charge on any atom is 0.247 e. The first-order valence-electron chi connectivity index (χ1n) is 13.7. The van der Waals surface area contributed by atoms with Crippen molar-refractivity contribution in [2.75, 3.05) is 48.3 Å². The second kappa shape index (κ2) is 12.1. The second-order valence-electron chi connectivity index (χ2n) is 10.9. The Kier molecular flexibility index (Phi) is 8.30. The molecule has 1 aliphatic heterocycles. The third kappa shape index (κ3) is 6.89. The van der Waals surface area contributed by atoms with Gasteiger partial charge in [0.25, 0.3) is 0 Å². The lowest BCUT2D eigenvalue weighted by Gasteiger charge is -2.38. The van der Waals surface area contributed by atoms with Crippen LogP contribution in [0.3, 0.4) is 0 Å². The van der Waals surface area contributed by atoms with Crippen molar-refractivity contribution in [2.24, 2.45) is 0 Å². The zero-order chi connectivity index (χ0) is 29.0. The van der Waals surface area contributed by atoms with Crippen molar-refractivity contribution in [3.8, 4) is 11.1 Å². The molecule has 212 valence electrons. The quantitative estimate of drug-likeness (QED) is 0.224. The van der Waals surface area contributed by atoms with E-state index in [9.17, 15) is 15.0 Å². The van der Waals surface area contributed by atoms with Gasteiger partial charge in [0.1, 0.15) is 0 Å². The highest BCUT2D eigenvalue weighted by atomic mass is 16.3. The number of benzene rings is 3. The van der Waals surface area contributed by atoms with Gasteiger partial charge in [0.2, 0.25) is 11.9 Å². The molecule has 0 unspecified atom stereocenters. The molecule has 4 aromatic rings. The van der Waals surface area contributed by atoms with Gasteiger partial charge in [-0.3, -0.25) is 9.69 Å². The average Bonchev–Trinajstić information content (AvgIpc) is 2.96. The predicted octanol–water partition coefficient (Wildman–Crippen LogP) is 4.55. The first-order valence-corrected chi connectivity index (χ1v) is 13.7. The molecule has 0 saturated carbocycles. The molecule has 0 radical (unpaired) electrons. The van der Waals surface area contributed by atoms with Gasteiger partial charge in [-0.2, -0.15) is 0 Å². The van der Waals surface area contributed by atoms with Crippen LogP contribution in [0.1, 0.15) is 19.4 Å². The summed E-state index contributed by atoms with van der Waals surface area (Å²) >= 11 is 0. The molecule has 1 aliphatic rings. The zero-order valence-corrected chi connectivity index (χ0v) is 23.5. The standard InChI is InChI=1S/C32H36N6O3/c1-4-29(40)34-25-9-5-7-22(17-25)27-10-6-8-23-19-33-31(36-30(23)27)35-28-12-11-26(18-24(28)20-39)38-15-13-37(14-16-38)21-32(2,3)41/h4-12,17-19,39,41H,1,13-16,20-21H2,2-3H3,(H,34,40)(H,33,35,36). The highest BCUT2D eigenvalue weighted by Crippen LogP contribution is 2.31. The van der Waals surface area contributed by atoms with Crippen LogP contribution in [0.5, 0.6) is 0 Å². The highest BCUT2D eigenvalue weighted by Gasteiger charge is 2.23. The number of nitrogens with one attached hydrogen (secondary N) is 2. The lowest BCUT2D eigenvalue weighted by molar-refractivity contribution is -0.111. The van der Waals surface area contributed by atoms with Crippen LogP contribution >= 0.6 is 0 Å². The minimum absolute atomic E-state index is 0.128. The number of carbonyl (C=O) groups is 1. The summed E-state index contributed by atoms with van der Waals surface area (Å²) in [6.45, 7) is 11.1. The van der Waals surface area contributed by atoms with Crippen molar-refractivity contribution in [1.29, 1.82) is 0 Å². The number of piperazine rings is 1. The number of aliphatic hydroxyl groups excluding tert-OH is 1. The number of β-amino-alcohol motifs (C(OH)–C–C–N with tert-alkyl or cyclic N) is 1. The fourth-order valence-electron chi connectivity index (χ4n) is 5.17. The van der Waals surface area contributed by atoms with Gasteiger partial charge >= 0.3 is 0 Å². The minimum atomic E-state index is -0.710. The maximum absolute atomic E-state index is 11.8. The molecular weight excluding hydrogens is 516 g/mol. The molecule has 0 aliphatic carbocycles. The summed E-state index contributed by atoms with van der Waals surface area (Å²) in [4.78, 5) is 25.7. The molecule has 2 heterocycles. The molecule has 4 N–H and O–H groups in total. The summed E-state index contributed by atoms with van der Waals surface area (Å²) in [6.07, 6.45) is 3.01. The molecule has 5 rings (SSSR count). The molecule has 0 atom stereocenters. The average molecular weight is 553 g/mol. The molecule has 0 spiro atoms. The lowest BCUT2D eigenvalue weighted by Crippen LogP contribution is -2.50. The van der Waals surface area contributed by atoms with E-state index in [4.69, 9.17) is 4.98 Å². The number of aromatic nitrogens is 2. The Morgan fingerprint density at radius 2 is 1.85 bits per heavy atom. The molecule has 1 fully saturated rings. The predicted molar refractivity (Wildman–Crippen MR) is 164 cm³/mol. The fraction of sp³-hybridized carbons (Fsp3) is 0.281. The van der Waals surface area contributed by atoms with E-state index in [0.717, 1.165) is 65.1 Å². The summed E-state index contributed by atoms with van der Waals surface area (Å²) in [6, 6.07) is 19.5. The largest absolute Gasteiger partial charge is 0.392 e. The first-order chi connectivity index (χ1) is 19.7. The Morgan fingerprint density at radius 3 is 2.59 bits per heavy atom. The molecule has 3 aromatic carbocycles. The summed E-state index contributed by atoms with van der Waals surface area (Å²) in [7, 11) is 0. The number of carbonyl (C=O) groups excluding carboxylic acids is 1. The molecule has 1 saturated heterocycles. The summed E-state index contributed by atoms with van der Waals surface area (Å²) in [5, 5.41) is 27.3. The zero-order valence-electron chi connectivity index (χ0n) is 23.5. The van der Waals surface area contributed by atoms with Crippen LogP contribution in [0.2, 0.25) is 0 Å². The van der Waals surface area contributed by atoms with Crippen LogP contribution < -0.4 is 15.5 Å². The van der Waals surface area contributed by atoms with Crippen molar-refractivity contribution in [3.05, 3.63) is 85.1 Å². The fourth-order valence-corrected chi connectivity index (χ4v) is 5.17. The van der Waals surface area contributed by atoms with Crippen LogP contribution in [0.25, 0.3) is 22.0 Å². The first kappa shape index (κ1) is 28.2. The molecule has 1 amide bonds. The minimum Gasteiger partial charge on any atom is -0.392 e. The van der Waals surface area contributed by atoms with Gasteiger partial charge in [-0.15, -0.1) is 0 Å². The number of para-hydroxylation sites is 1. The van der Waals surface area contributed by atoms with Gasteiger partial charge in [-0.25, -0.2) is 9.97 Å². The Bertz CT molecular complexity index is 1560. The van der Waals surface area contributed by atoms with Crippen molar-refractivity contribution in [1.82, 2.24) is 14.9 Å². The Labute approximate surface area is 240 Å². The number of amides is 1. The topological polar surface area (TPSA) is 114 Å². The number of aliphatic hydroxyl groups is 2. The van der Waals surface area contributed by atoms with Gasteiger partial charge < -0.3 is 25.7 Å². The van der Waals surface area contributed by atoms with E-state index in [1.165, 1.54) is 6.08 Å². The number of nitrogens with zero attached hydrogens (tertiary/aromatic N) is 4. The SMILES string of the molecule is C=CC(=O)Nc1cccc(-c2cccc3cnc(Nc4ccc(N5CCN(CC(C)(C)O)CC5)cc4CO)nc23)c1. The number of hydrogen-bond acceptors (Lipinski definition) is 8. The van der Waals surface area contributed by atoms with Crippen LogP contribution in [-0.2, 0) is 11.4 Å². The lowest BCUT2D eigenvalue weighted by atomic mass is 10.0. The van der Waals surface area contributed by atoms with Crippen molar-refractivity contribution < 1.29 is 15.0 Å². The van der Waals surface area contributed by atoms with Gasteiger partial charge in [0.05, 0.1) is 17.7 Å². The smallest absolute Gasteiger partial charge is 0.247 e. The number of fused-ring (bicyclic) bond motifs is 1. The van der Waals surface area contributed by atoms with E-state index >= 15 is 0 Å². The normalized spacial score (nSPS) is 14.2. The van der Waals surface area contributed by atoms with Crippen LogP contribution in [0, 0.1) is 0 Å². The Hall–Kier alpha value is -4.31. The van der Waals surface area contributed by atoms with E-state index in [1.807, 2.05) is 74.5 Å². The molecular formula is C32H36N6O3. The Balaban J connectivity index is 1.36. The molecule has 0 bridgehead atoms. The van der Waals surface area contributed by atoms with Crippen LogP contribution in [0.4, 0.5) is 23.0 Å². The summed E-state index contributed by atoms with van der Waals surface area (Å²) in [5.74, 6) is 0.149. The number of anilines is 4. The highest BCUT2D eigenvalue weighted by molar-refractivity contribution is 6.00. The van der Waals surface area contributed by atoms with Crippen LogP contribution in [-0.4, -0.2) is 69.3 Å². The summed E-state index contributed by atoms with van der Waals surface area (Å²) in [5.41, 5.74) is 5.08. The monoisotopic (exact) mass is 552 g/mol. The number of rotatable bonds is 9. The molecule has 1 aromatic heterocycles. The van der Waals surface area contributed by atoms with E-state index in [-0.39, 0.29) is 12.5 Å². The molecule has 9 nitrogen and oxygen atoms in total. The molecule has 9 heteroatoms. The summed E-state index contributed by atoms with van der Waals surface area (Å²) < 4.78 is 0. The van der Waals surface area contributed by atoms with Gasteiger partial charge in [-0.1, -0.05) is 36.9 Å². The number of hydrogen-bond donors (Lipinski definition) is 4. The van der Waals surface area contributed by atoms with Crippen molar-refractivity contribution >= 4 is 39.8 Å². The third-order valence-electron chi connectivity index (χ3n) is 7.09. The van der Waals surface area contributed by atoms with Crippen molar-refractivity contribution in [3.63, 3.8) is 0 Å². The van der Waals surface area contributed by atoms with Gasteiger partial charge in [0, 0.05) is 72.5 Å². The van der Waals surface area contributed by atoms with Crippen molar-refractivity contribution in [2.45, 2.75) is 26.1 Å². The molecule has 41 heavy (non-hydrogen) atoms. The Morgan fingerprint density at radius 1 is 1.07 bits per heavy atom. The van der Waals surface area contributed by atoms with E-state index in [1.54, 1.807) is 6.20 Å². The second-order valence-corrected chi connectivity index (χ2v) is 10.9. The van der Waals surface area contributed by atoms with E-state index in [2.05, 4.69) is 32.0 Å². The van der Waals surface area contributed by atoms with Gasteiger partial charge in [-0.05, 0) is 55.8 Å². The van der Waals surface area contributed by atoms with E-state index in [0.29, 0.717) is 18.2 Å². The third-order valence-corrected chi connectivity index (χ3v) is 7.09. The van der Waals surface area contributed by atoms with Crippen LogP contribution in [0.15, 0.2) is 79.5 Å².